The number of hydrogen-bond donors (Lipinski definition) is 3. The molecule has 2 unspecified atom stereocenters. The average molecular weight is 293 g/mol. The molecule has 1 aromatic carbocycles. The molecule has 0 aliphatic heterocycles. The summed E-state index contributed by atoms with van der Waals surface area (Å²) in [5, 5.41) is 15.4. The van der Waals surface area contributed by atoms with Gasteiger partial charge in [-0.2, -0.15) is 0 Å². The highest BCUT2D eigenvalue weighted by Crippen LogP contribution is 2.23. The van der Waals surface area contributed by atoms with Crippen LogP contribution in [0.3, 0.4) is 0 Å². The third-order valence-electron chi connectivity index (χ3n) is 4.37. The highest BCUT2D eigenvalue weighted by Gasteiger charge is 2.20. The summed E-state index contributed by atoms with van der Waals surface area (Å²) in [6, 6.07) is 4.87. The van der Waals surface area contributed by atoms with Crippen LogP contribution in [0, 0.1) is 11.7 Å². The van der Waals surface area contributed by atoms with E-state index in [-0.39, 0.29) is 11.7 Å². The predicted octanol–water partition coefficient (Wildman–Crippen LogP) is 2.98. The SMILES string of the molecule is CC1CCCCCC1NCc1ccc(F)cc1C(N)=NO. The van der Waals surface area contributed by atoms with Gasteiger partial charge in [-0.3, -0.25) is 0 Å². The van der Waals surface area contributed by atoms with Gasteiger partial charge in [0.1, 0.15) is 5.82 Å². The lowest BCUT2D eigenvalue weighted by Crippen LogP contribution is -2.34. The Morgan fingerprint density at radius 2 is 2.14 bits per heavy atom. The second-order valence-corrected chi connectivity index (χ2v) is 5.89. The number of halogens is 1. The lowest BCUT2D eigenvalue weighted by molar-refractivity contribution is 0.318. The van der Waals surface area contributed by atoms with Crippen LogP contribution >= 0.6 is 0 Å². The molecule has 0 amide bonds. The van der Waals surface area contributed by atoms with Crippen LogP contribution in [0.4, 0.5) is 4.39 Å². The van der Waals surface area contributed by atoms with E-state index < -0.39 is 0 Å². The molecular formula is C16H24FN3O. The van der Waals surface area contributed by atoms with Gasteiger partial charge >= 0.3 is 0 Å². The molecule has 0 aromatic heterocycles. The summed E-state index contributed by atoms with van der Waals surface area (Å²) < 4.78 is 13.3. The van der Waals surface area contributed by atoms with Crippen molar-refractivity contribution in [3.63, 3.8) is 0 Å². The van der Waals surface area contributed by atoms with Crippen LogP contribution < -0.4 is 11.1 Å². The Labute approximate surface area is 125 Å². The van der Waals surface area contributed by atoms with Crippen LogP contribution in [0.15, 0.2) is 23.4 Å². The first-order valence-electron chi connectivity index (χ1n) is 7.61. The van der Waals surface area contributed by atoms with E-state index in [4.69, 9.17) is 10.9 Å². The number of nitrogens with zero attached hydrogens (tertiary/aromatic N) is 1. The maximum atomic E-state index is 13.3. The van der Waals surface area contributed by atoms with Crippen molar-refractivity contribution in [2.75, 3.05) is 0 Å². The van der Waals surface area contributed by atoms with Gasteiger partial charge in [-0.25, -0.2) is 4.39 Å². The minimum Gasteiger partial charge on any atom is -0.409 e. The van der Waals surface area contributed by atoms with Crippen LogP contribution in [0.5, 0.6) is 0 Å². The van der Waals surface area contributed by atoms with Crippen LogP contribution in [-0.2, 0) is 6.54 Å². The van der Waals surface area contributed by atoms with E-state index in [0.29, 0.717) is 24.1 Å². The summed E-state index contributed by atoms with van der Waals surface area (Å²) in [4.78, 5) is 0. The van der Waals surface area contributed by atoms with E-state index >= 15 is 0 Å². The molecule has 2 atom stereocenters. The fourth-order valence-corrected chi connectivity index (χ4v) is 3.03. The van der Waals surface area contributed by atoms with Crippen LogP contribution in [0.1, 0.15) is 50.2 Å². The average Bonchev–Trinajstić information content (AvgIpc) is 2.69. The molecule has 0 radical (unpaired) electrons. The molecule has 0 saturated heterocycles. The van der Waals surface area contributed by atoms with Gasteiger partial charge in [0.05, 0.1) is 0 Å². The summed E-state index contributed by atoms with van der Waals surface area (Å²) in [7, 11) is 0. The van der Waals surface area contributed by atoms with Crippen molar-refractivity contribution in [3.8, 4) is 0 Å². The molecule has 116 valence electrons. The van der Waals surface area contributed by atoms with Gasteiger partial charge in [0, 0.05) is 18.2 Å². The van der Waals surface area contributed by atoms with Gasteiger partial charge in [0.15, 0.2) is 5.84 Å². The smallest absolute Gasteiger partial charge is 0.170 e. The first kappa shape index (κ1) is 15.8. The maximum Gasteiger partial charge on any atom is 0.170 e. The van der Waals surface area contributed by atoms with E-state index in [0.717, 1.165) is 5.56 Å². The third-order valence-corrected chi connectivity index (χ3v) is 4.37. The number of benzene rings is 1. The number of amidine groups is 1. The minimum atomic E-state index is -0.386. The summed E-state index contributed by atoms with van der Waals surface area (Å²) in [5.41, 5.74) is 6.93. The highest BCUT2D eigenvalue weighted by molar-refractivity contribution is 5.98. The summed E-state index contributed by atoms with van der Waals surface area (Å²) in [6.45, 7) is 2.87. The van der Waals surface area contributed by atoms with Gasteiger partial charge in [-0.1, -0.05) is 37.4 Å². The fourth-order valence-electron chi connectivity index (χ4n) is 3.03. The Kier molecular flexibility index (Phi) is 5.56. The highest BCUT2D eigenvalue weighted by atomic mass is 19.1. The molecule has 5 heteroatoms. The van der Waals surface area contributed by atoms with E-state index in [1.165, 1.54) is 44.2 Å². The third kappa shape index (κ3) is 4.17. The fraction of sp³-hybridized carbons (Fsp3) is 0.562. The second-order valence-electron chi connectivity index (χ2n) is 5.89. The van der Waals surface area contributed by atoms with E-state index in [1.807, 2.05) is 0 Å². The zero-order chi connectivity index (χ0) is 15.2. The van der Waals surface area contributed by atoms with Crippen LogP contribution in [0.2, 0.25) is 0 Å². The molecule has 1 fully saturated rings. The molecule has 1 aliphatic carbocycles. The van der Waals surface area contributed by atoms with Gasteiger partial charge in [-0.05, 0) is 36.5 Å². The molecule has 1 saturated carbocycles. The van der Waals surface area contributed by atoms with Crippen molar-refractivity contribution < 1.29 is 9.60 Å². The van der Waals surface area contributed by atoms with Crippen molar-refractivity contribution in [1.82, 2.24) is 5.32 Å². The molecule has 0 heterocycles. The summed E-state index contributed by atoms with van der Waals surface area (Å²) >= 11 is 0. The lowest BCUT2D eigenvalue weighted by atomic mass is 9.96. The van der Waals surface area contributed by atoms with E-state index in [1.54, 1.807) is 6.07 Å². The van der Waals surface area contributed by atoms with Crippen molar-refractivity contribution in [3.05, 3.63) is 35.1 Å². The standard InChI is InChI=1S/C16H24FN3O/c1-11-5-3-2-4-6-15(11)19-10-12-7-8-13(17)9-14(12)16(18)20-21/h7-9,11,15,19,21H,2-6,10H2,1H3,(H2,18,20). The molecule has 4 N–H and O–H groups in total. The zero-order valence-electron chi connectivity index (χ0n) is 12.5. The van der Waals surface area contributed by atoms with E-state index in [2.05, 4.69) is 17.4 Å². The molecular weight excluding hydrogens is 269 g/mol. The monoisotopic (exact) mass is 293 g/mol. The van der Waals surface area contributed by atoms with Crippen molar-refractivity contribution in [2.24, 2.45) is 16.8 Å². The van der Waals surface area contributed by atoms with Gasteiger partial charge < -0.3 is 16.3 Å². The predicted molar refractivity (Wildman–Crippen MR) is 81.8 cm³/mol. The molecule has 21 heavy (non-hydrogen) atoms. The number of nitrogens with two attached hydrogens (primary N) is 1. The van der Waals surface area contributed by atoms with Crippen LogP contribution in [-0.4, -0.2) is 17.1 Å². The largest absolute Gasteiger partial charge is 0.409 e. The molecule has 0 spiro atoms. The van der Waals surface area contributed by atoms with Gasteiger partial charge in [0.25, 0.3) is 0 Å². The summed E-state index contributed by atoms with van der Waals surface area (Å²) in [5.74, 6) is 0.198. The van der Waals surface area contributed by atoms with Crippen molar-refractivity contribution >= 4 is 5.84 Å². The van der Waals surface area contributed by atoms with Gasteiger partial charge in [-0.15, -0.1) is 0 Å². The first-order valence-corrected chi connectivity index (χ1v) is 7.61. The number of rotatable bonds is 4. The van der Waals surface area contributed by atoms with Crippen molar-refractivity contribution in [2.45, 2.75) is 51.6 Å². The normalized spacial score (nSPS) is 23.8. The quantitative estimate of drug-likeness (QED) is 0.263. The Hall–Kier alpha value is -1.62. The van der Waals surface area contributed by atoms with Crippen LogP contribution in [0.25, 0.3) is 0 Å². The first-order chi connectivity index (χ1) is 10.1. The molecule has 2 rings (SSSR count). The molecule has 0 bridgehead atoms. The number of nitrogens with one attached hydrogen (secondary N) is 1. The van der Waals surface area contributed by atoms with Crippen molar-refractivity contribution in [1.29, 1.82) is 0 Å². The second kappa shape index (κ2) is 7.41. The Morgan fingerprint density at radius 3 is 2.90 bits per heavy atom. The Morgan fingerprint density at radius 1 is 1.38 bits per heavy atom. The molecule has 4 nitrogen and oxygen atoms in total. The van der Waals surface area contributed by atoms with E-state index in [9.17, 15) is 4.39 Å². The molecule has 1 aliphatic rings. The van der Waals surface area contributed by atoms with Gasteiger partial charge in [0.2, 0.25) is 0 Å². The maximum absolute atomic E-state index is 13.3. The minimum absolute atomic E-state index is 0.0554. The summed E-state index contributed by atoms with van der Waals surface area (Å²) in [6.07, 6.45) is 6.26. The lowest BCUT2D eigenvalue weighted by Gasteiger charge is -2.23. The Bertz CT molecular complexity index is 504. The Balaban J connectivity index is 2.08. The molecule has 1 aromatic rings. The number of oxime groups is 1. The topological polar surface area (TPSA) is 70.6 Å². The number of hydrogen-bond acceptors (Lipinski definition) is 3. The zero-order valence-corrected chi connectivity index (χ0v) is 12.5.